The van der Waals surface area contributed by atoms with E-state index >= 15 is 0 Å². The number of aryl methyl sites for hydroxylation is 1. The van der Waals surface area contributed by atoms with Gasteiger partial charge in [-0.3, -0.25) is 4.68 Å². The second kappa shape index (κ2) is 7.22. The van der Waals surface area contributed by atoms with Crippen molar-refractivity contribution in [2.75, 3.05) is 14.2 Å². The molecule has 21 heavy (non-hydrogen) atoms. The molecule has 0 atom stereocenters. The Labute approximate surface area is 129 Å². The molecule has 0 aliphatic heterocycles. The third kappa shape index (κ3) is 3.61. The van der Waals surface area contributed by atoms with E-state index in [1.54, 1.807) is 20.4 Å². The molecule has 5 nitrogen and oxygen atoms in total. The molecular formula is C15H19ClN2O3. The fraction of sp³-hybridized carbons (Fsp3) is 0.400. The predicted molar refractivity (Wildman–Crippen MR) is 81.3 cm³/mol. The second-order valence-electron chi connectivity index (χ2n) is 4.46. The Bertz CT molecular complexity index is 573. The molecule has 114 valence electrons. The van der Waals surface area contributed by atoms with Crippen molar-refractivity contribution in [1.29, 1.82) is 0 Å². The van der Waals surface area contributed by atoms with Gasteiger partial charge in [0.2, 0.25) is 5.75 Å². The molecule has 2 rings (SSSR count). The van der Waals surface area contributed by atoms with Gasteiger partial charge in [-0.15, -0.1) is 11.6 Å². The first-order chi connectivity index (χ1) is 10.2. The smallest absolute Gasteiger partial charge is 0.203 e. The molecule has 0 N–H and O–H groups in total. The van der Waals surface area contributed by atoms with E-state index in [9.17, 15) is 0 Å². The van der Waals surface area contributed by atoms with E-state index in [0.717, 1.165) is 17.7 Å². The average molecular weight is 311 g/mol. The maximum atomic E-state index is 5.87. The quantitative estimate of drug-likeness (QED) is 0.737. The Morgan fingerprint density at radius 3 is 2.29 bits per heavy atom. The molecular weight excluding hydrogens is 292 g/mol. The standard InChI is InChI=1S/C15H19ClN2O3/c1-4-18-9-12(8-17-18)10-21-15-13(19-2)5-11(7-16)6-14(15)20-3/h5-6,8-9H,4,7,10H2,1-3H3. The summed E-state index contributed by atoms with van der Waals surface area (Å²) in [6.07, 6.45) is 3.74. The van der Waals surface area contributed by atoms with Gasteiger partial charge in [-0.05, 0) is 24.6 Å². The third-order valence-corrected chi connectivity index (χ3v) is 3.38. The number of nitrogens with zero attached hydrogens (tertiary/aromatic N) is 2. The molecule has 1 heterocycles. The molecule has 0 aliphatic rings. The van der Waals surface area contributed by atoms with Crippen molar-refractivity contribution < 1.29 is 14.2 Å². The molecule has 0 bridgehead atoms. The Morgan fingerprint density at radius 2 is 1.81 bits per heavy atom. The first-order valence-corrected chi connectivity index (χ1v) is 7.20. The third-order valence-electron chi connectivity index (χ3n) is 3.07. The van der Waals surface area contributed by atoms with E-state index in [-0.39, 0.29) is 0 Å². The second-order valence-corrected chi connectivity index (χ2v) is 4.72. The SMILES string of the molecule is CCn1cc(COc2c(OC)cc(CCl)cc2OC)cn1. The molecule has 1 aromatic heterocycles. The minimum atomic E-state index is 0.385. The number of hydrogen-bond acceptors (Lipinski definition) is 4. The topological polar surface area (TPSA) is 45.5 Å². The number of methoxy groups -OCH3 is 2. The lowest BCUT2D eigenvalue weighted by Crippen LogP contribution is -2.00. The van der Waals surface area contributed by atoms with Crippen LogP contribution in [0.5, 0.6) is 17.2 Å². The van der Waals surface area contributed by atoms with Gasteiger partial charge in [0.25, 0.3) is 0 Å². The maximum Gasteiger partial charge on any atom is 0.203 e. The van der Waals surface area contributed by atoms with Crippen molar-refractivity contribution in [3.63, 3.8) is 0 Å². The van der Waals surface area contributed by atoms with Crippen molar-refractivity contribution in [2.24, 2.45) is 0 Å². The van der Waals surface area contributed by atoms with E-state index in [4.69, 9.17) is 25.8 Å². The Hall–Kier alpha value is -1.88. The molecule has 1 aromatic carbocycles. The van der Waals surface area contributed by atoms with Crippen LogP contribution in [-0.4, -0.2) is 24.0 Å². The van der Waals surface area contributed by atoms with Crippen LogP contribution < -0.4 is 14.2 Å². The summed E-state index contributed by atoms with van der Waals surface area (Å²) in [6.45, 7) is 3.26. The van der Waals surface area contributed by atoms with Gasteiger partial charge >= 0.3 is 0 Å². The summed E-state index contributed by atoms with van der Waals surface area (Å²) in [5, 5.41) is 4.22. The first-order valence-electron chi connectivity index (χ1n) is 6.66. The van der Waals surface area contributed by atoms with Crippen LogP contribution in [0, 0.1) is 0 Å². The molecule has 0 spiro atoms. The molecule has 0 unspecified atom stereocenters. The Balaban J connectivity index is 2.21. The molecule has 6 heteroatoms. The number of halogens is 1. The van der Waals surface area contributed by atoms with Crippen molar-refractivity contribution in [3.05, 3.63) is 35.7 Å². The summed E-state index contributed by atoms with van der Waals surface area (Å²) in [6, 6.07) is 3.70. The van der Waals surface area contributed by atoms with Gasteiger partial charge in [-0.25, -0.2) is 0 Å². The Kier molecular flexibility index (Phi) is 5.33. The molecule has 0 saturated heterocycles. The summed E-state index contributed by atoms with van der Waals surface area (Å²) < 4.78 is 18.4. The van der Waals surface area contributed by atoms with Crippen LogP contribution in [0.1, 0.15) is 18.1 Å². The minimum absolute atomic E-state index is 0.385. The number of ether oxygens (including phenoxy) is 3. The summed E-state index contributed by atoms with van der Waals surface area (Å²) in [7, 11) is 3.18. The lowest BCUT2D eigenvalue weighted by Gasteiger charge is -2.15. The van der Waals surface area contributed by atoms with E-state index in [1.807, 2.05) is 29.9 Å². The average Bonchev–Trinajstić information content (AvgIpc) is 2.99. The molecule has 0 amide bonds. The highest BCUT2D eigenvalue weighted by Crippen LogP contribution is 2.39. The molecule has 0 radical (unpaired) electrons. The van der Waals surface area contributed by atoms with Gasteiger partial charge in [0.1, 0.15) is 6.61 Å². The fourth-order valence-corrected chi connectivity index (χ4v) is 2.12. The van der Waals surface area contributed by atoms with Crippen LogP contribution in [0.4, 0.5) is 0 Å². The zero-order valence-corrected chi connectivity index (χ0v) is 13.2. The van der Waals surface area contributed by atoms with Gasteiger partial charge in [-0.2, -0.15) is 5.10 Å². The fourth-order valence-electron chi connectivity index (χ4n) is 1.96. The maximum absolute atomic E-state index is 5.87. The first kappa shape index (κ1) is 15.5. The van der Waals surface area contributed by atoms with Crippen LogP contribution in [0.2, 0.25) is 0 Å². The van der Waals surface area contributed by atoms with Crippen LogP contribution >= 0.6 is 11.6 Å². The highest BCUT2D eigenvalue weighted by Gasteiger charge is 2.14. The predicted octanol–water partition coefficient (Wildman–Crippen LogP) is 3.24. The molecule has 2 aromatic rings. The van der Waals surface area contributed by atoms with Gasteiger partial charge in [0.15, 0.2) is 11.5 Å². The Morgan fingerprint density at radius 1 is 1.14 bits per heavy atom. The number of aromatic nitrogens is 2. The van der Waals surface area contributed by atoms with E-state index in [2.05, 4.69) is 5.10 Å². The lowest BCUT2D eigenvalue weighted by atomic mass is 10.2. The van der Waals surface area contributed by atoms with E-state index < -0.39 is 0 Å². The summed E-state index contributed by atoms with van der Waals surface area (Å²) >= 11 is 5.87. The highest BCUT2D eigenvalue weighted by molar-refractivity contribution is 6.17. The van der Waals surface area contributed by atoms with Gasteiger partial charge in [0.05, 0.1) is 20.4 Å². The largest absolute Gasteiger partial charge is 0.493 e. The van der Waals surface area contributed by atoms with E-state index in [0.29, 0.717) is 29.7 Å². The number of rotatable bonds is 7. The van der Waals surface area contributed by atoms with Crippen LogP contribution in [0.3, 0.4) is 0 Å². The summed E-state index contributed by atoms with van der Waals surface area (Å²) in [5.74, 6) is 2.16. The zero-order chi connectivity index (χ0) is 15.2. The van der Waals surface area contributed by atoms with Crippen LogP contribution in [0.15, 0.2) is 24.5 Å². The van der Waals surface area contributed by atoms with Crippen molar-refractivity contribution in [3.8, 4) is 17.2 Å². The van der Waals surface area contributed by atoms with Crippen molar-refractivity contribution in [2.45, 2.75) is 26.0 Å². The highest BCUT2D eigenvalue weighted by atomic mass is 35.5. The van der Waals surface area contributed by atoms with Crippen LogP contribution in [-0.2, 0) is 19.0 Å². The van der Waals surface area contributed by atoms with E-state index in [1.165, 1.54) is 0 Å². The molecule has 0 saturated carbocycles. The summed E-state index contributed by atoms with van der Waals surface area (Å²) in [5.41, 5.74) is 1.90. The van der Waals surface area contributed by atoms with Gasteiger partial charge < -0.3 is 14.2 Å². The summed E-state index contributed by atoms with van der Waals surface area (Å²) in [4.78, 5) is 0. The molecule has 0 fully saturated rings. The normalized spacial score (nSPS) is 10.5. The van der Waals surface area contributed by atoms with Crippen molar-refractivity contribution >= 4 is 11.6 Å². The minimum Gasteiger partial charge on any atom is -0.493 e. The number of alkyl halides is 1. The van der Waals surface area contributed by atoms with Gasteiger partial charge in [0, 0.05) is 24.2 Å². The number of benzene rings is 1. The lowest BCUT2D eigenvalue weighted by molar-refractivity contribution is 0.265. The zero-order valence-electron chi connectivity index (χ0n) is 12.4. The number of hydrogen-bond donors (Lipinski definition) is 0. The molecule has 0 aliphatic carbocycles. The van der Waals surface area contributed by atoms with Crippen LogP contribution in [0.25, 0.3) is 0 Å². The van der Waals surface area contributed by atoms with Crippen molar-refractivity contribution in [1.82, 2.24) is 9.78 Å². The van der Waals surface area contributed by atoms with Gasteiger partial charge in [-0.1, -0.05) is 0 Å². The monoisotopic (exact) mass is 310 g/mol.